The monoisotopic (exact) mass is 450 g/mol. The molecule has 0 atom stereocenters. The number of benzene rings is 1. The molecule has 1 aromatic carbocycles. The van der Waals surface area contributed by atoms with E-state index in [4.69, 9.17) is 0 Å². The SMILES string of the molecule is Cc1cc(C)c(CC(=O)Nc2cccn(C)c2=O)c(C#C[Si](C(C)C)(C(C)C)C(C)C)c1. The summed E-state index contributed by atoms with van der Waals surface area (Å²) in [6.45, 7) is 17.9. The van der Waals surface area contributed by atoms with Gasteiger partial charge in [-0.05, 0) is 65.4 Å². The van der Waals surface area contributed by atoms with Gasteiger partial charge in [-0.1, -0.05) is 53.5 Å². The van der Waals surface area contributed by atoms with E-state index in [2.05, 4.69) is 77.4 Å². The molecule has 0 spiro atoms. The van der Waals surface area contributed by atoms with Gasteiger partial charge in [0.25, 0.3) is 5.56 Å². The third-order valence-corrected chi connectivity index (χ3v) is 12.9. The van der Waals surface area contributed by atoms with Gasteiger partial charge in [-0.25, -0.2) is 0 Å². The highest BCUT2D eigenvalue weighted by atomic mass is 28.3. The summed E-state index contributed by atoms with van der Waals surface area (Å²) < 4.78 is 1.46. The van der Waals surface area contributed by atoms with Crippen LogP contribution >= 0.6 is 0 Å². The van der Waals surface area contributed by atoms with Crippen LogP contribution in [0.5, 0.6) is 0 Å². The maximum atomic E-state index is 12.9. The zero-order chi connectivity index (χ0) is 24.2. The zero-order valence-corrected chi connectivity index (χ0v) is 22.1. The van der Waals surface area contributed by atoms with Crippen LogP contribution in [0.15, 0.2) is 35.3 Å². The number of nitrogens with zero attached hydrogens (tertiary/aromatic N) is 1. The minimum Gasteiger partial charge on any atom is -0.321 e. The first kappa shape index (κ1) is 25.7. The molecule has 172 valence electrons. The number of pyridine rings is 1. The van der Waals surface area contributed by atoms with Gasteiger partial charge in [0.05, 0.1) is 6.42 Å². The Morgan fingerprint density at radius 3 is 2.22 bits per heavy atom. The molecule has 1 amide bonds. The highest BCUT2D eigenvalue weighted by Crippen LogP contribution is 2.40. The van der Waals surface area contributed by atoms with Gasteiger partial charge in [0, 0.05) is 18.8 Å². The fraction of sp³-hybridized carbons (Fsp3) is 0.481. The van der Waals surface area contributed by atoms with Crippen LogP contribution in [-0.2, 0) is 18.3 Å². The van der Waals surface area contributed by atoms with E-state index in [1.54, 1.807) is 25.4 Å². The van der Waals surface area contributed by atoms with E-state index in [9.17, 15) is 9.59 Å². The minimum atomic E-state index is -1.89. The number of hydrogen-bond acceptors (Lipinski definition) is 2. The largest absolute Gasteiger partial charge is 0.321 e. The molecule has 0 aliphatic rings. The van der Waals surface area contributed by atoms with Crippen LogP contribution in [0.1, 0.15) is 63.8 Å². The van der Waals surface area contributed by atoms with E-state index in [1.165, 1.54) is 4.57 Å². The van der Waals surface area contributed by atoms with Crippen LogP contribution in [0, 0.1) is 25.3 Å². The molecule has 0 saturated heterocycles. The summed E-state index contributed by atoms with van der Waals surface area (Å²) in [6.07, 6.45) is 1.86. The molecule has 2 aromatic rings. The quantitative estimate of drug-likeness (QED) is 0.450. The van der Waals surface area contributed by atoms with Crippen LogP contribution < -0.4 is 10.9 Å². The van der Waals surface area contributed by atoms with Gasteiger partial charge in [-0.15, -0.1) is 5.54 Å². The Hall–Kier alpha value is -2.58. The summed E-state index contributed by atoms with van der Waals surface area (Å²) >= 11 is 0. The number of aryl methyl sites for hydroxylation is 3. The zero-order valence-electron chi connectivity index (χ0n) is 21.1. The smallest absolute Gasteiger partial charge is 0.274 e. The molecule has 1 aromatic heterocycles. The van der Waals surface area contributed by atoms with Crippen LogP contribution in [0.2, 0.25) is 16.6 Å². The fourth-order valence-corrected chi connectivity index (χ4v) is 10.2. The van der Waals surface area contributed by atoms with Crippen molar-refractivity contribution >= 4 is 19.7 Å². The van der Waals surface area contributed by atoms with E-state index >= 15 is 0 Å². The van der Waals surface area contributed by atoms with Gasteiger partial charge in [0.2, 0.25) is 5.91 Å². The molecule has 0 fully saturated rings. The lowest BCUT2D eigenvalue weighted by atomic mass is 9.96. The predicted molar refractivity (Wildman–Crippen MR) is 138 cm³/mol. The Labute approximate surface area is 194 Å². The van der Waals surface area contributed by atoms with Crippen molar-refractivity contribution in [2.75, 3.05) is 5.32 Å². The molecule has 0 unspecified atom stereocenters. The molecule has 2 rings (SSSR count). The molecule has 4 nitrogen and oxygen atoms in total. The average molecular weight is 451 g/mol. The molecule has 1 heterocycles. The number of amides is 1. The van der Waals surface area contributed by atoms with Crippen molar-refractivity contribution in [3.05, 3.63) is 63.1 Å². The second-order valence-corrected chi connectivity index (χ2v) is 15.4. The first-order valence-corrected chi connectivity index (χ1v) is 13.7. The maximum absolute atomic E-state index is 12.9. The summed E-state index contributed by atoms with van der Waals surface area (Å²) in [6, 6.07) is 7.56. The number of aromatic nitrogens is 1. The molecule has 1 N–H and O–H groups in total. The predicted octanol–water partition coefficient (Wildman–Crippen LogP) is 5.75. The van der Waals surface area contributed by atoms with Gasteiger partial charge in [0.15, 0.2) is 0 Å². The molecule has 0 bridgehead atoms. The van der Waals surface area contributed by atoms with Crippen molar-refractivity contribution in [2.24, 2.45) is 7.05 Å². The van der Waals surface area contributed by atoms with Gasteiger partial charge < -0.3 is 9.88 Å². The second kappa shape index (κ2) is 10.4. The lowest BCUT2D eigenvalue weighted by molar-refractivity contribution is -0.115. The lowest BCUT2D eigenvalue weighted by Crippen LogP contribution is -2.43. The fourth-order valence-electron chi connectivity index (χ4n) is 5.00. The van der Waals surface area contributed by atoms with Crippen LogP contribution in [0.4, 0.5) is 5.69 Å². The molecule has 32 heavy (non-hydrogen) atoms. The van der Waals surface area contributed by atoms with Gasteiger partial charge >= 0.3 is 0 Å². The first-order valence-electron chi connectivity index (χ1n) is 11.5. The first-order chi connectivity index (χ1) is 14.9. The highest BCUT2D eigenvalue weighted by Gasteiger charge is 2.41. The van der Waals surface area contributed by atoms with E-state index < -0.39 is 8.07 Å². The number of rotatable bonds is 6. The van der Waals surface area contributed by atoms with Crippen LogP contribution in [0.3, 0.4) is 0 Å². The molecule has 0 aliphatic heterocycles. The highest BCUT2D eigenvalue weighted by molar-refractivity contribution is 6.90. The third kappa shape index (κ3) is 5.42. The van der Waals surface area contributed by atoms with E-state index in [-0.39, 0.29) is 17.9 Å². The van der Waals surface area contributed by atoms with Gasteiger partial charge in [-0.2, -0.15) is 0 Å². The Balaban J connectivity index is 2.48. The second-order valence-electron chi connectivity index (χ2n) is 9.82. The van der Waals surface area contributed by atoms with Crippen molar-refractivity contribution in [1.82, 2.24) is 4.57 Å². The number of carbonyl (C=O) groups excluding carboxylic acids is 1. The normalized spacial score (nSPS) is 11.6. The number of nitrogens with one attached hydrogen (secondary N) is 1. The number of hydrogen-bond donors (Lipinski definition) is 1. The summed E-state index contributed by atoms with van der Waals surface area (Å²) in [5.41, 5.74) is 9.55. The third-order valence-electron chi connectivity index (χ3n) is 6.63. The molecule has 0 radical (unpaired) electrons. The van der Waals surface area contributed by atoms with E-state index in [1.807, 2.05) is 6.92 Å². The average Bonchev–Trinajstić information content (AvgIpc) is 2.67. The number of anilines is 1. The molecule has 5 heteroatoms. The van der Waals surface area contributed by atoms with E-state index in [0.717, 1.165) is 22.3 Å². The van der Waals surface area contributed by atoms with Crippen molar-refractivity contribution in [3.63, 3.8) is 0 Å². The van der Waals surface area contributed by atoms with Gasteiger partial charge in [0.1, 0.15) is 13.8 Å². The lowest BCUT2D eigenvalue weighted by Gasteiger charge is -2.38. The number of carbonyl (C=O) groups is 1. The summed E-state index contributed by atoms with van der Waals surface area (Å²) in [4.78, 5) is 25.1. The Morgan fingerprint density at radius 2 is 1.66 bits per heavy atom. The van der Waals surface area contributed by atoms with E-state index in [0.29, 0.717) is 22.3 Å². The molecule has 0 aliphatic carbocycles. The van der Waals surface area contributed by atoms with Crippen molar-refractivity contribution in [2.45, 2.75) is 78.4 Å². The summed E-state index contributed by atoms with van der Waals surface area (Å²) in [5, 5.41) is 2.78. The standard InChI is InChI=1S/C27H38N2O2Si/c1-18(2)32(19(3)4,20(5)6)14-12-23-16-21(7)15-22(8)24(23)17-26(30)28-25-11-10-13-29(9)27(25)31/h10-11,13,15-16,18-20H,17H2,1-9H3,(H,28,30). The Bertz CT molecular complexity index is 1080. The van der Waals surface area contributed by atoms with Crippen LogP contribution in [-0.4, -0.2) is 18.5 Å². The Kier molecular flexibility index (Phi) is 8.31. The molecule has 0 saturated carbocycles. The minimum absolute atomic E-state index is 0.188. The van der Waals surface area contributed by atoms with Gasteiger partial charge in [-0.3, -0.25) is 9.59 Å². The molecular formula is C27H38N2O2Si. The van der Waals surface area contributed by atoms with Crippen molar-refractivity contribution in [3.8, 4) is 11.5 Å². The topological polar surface area (TPSA) is 51.1 Å². The summed E-state index contributed by atoms with van der Waals surface area (Å²) in [5.74, 6) is 3.33. The maximum Gasteiger partial charge on any atom is 0.274 e. The Morgan fingerprint density at radius 1 is 1.06 bits per heavy atom. The van der Waals surface area contributed by atoms with Crippen molar-refractivity contribution < 1.29 is 4.79 Å². The summed E-state index contributed by atoms with van der Waals surface area (Å²) in [7, 11) is -0.218. The van der Waals surface area contributed by atoms with Crippen molar-refractivity contribution in [1.29, 1.82) is 0 Å². The van der Waals surface area contributed by atoms with Crippen LogP contribution in [0.25, 0.3) is 0 Å². The molecular weight excluding hydrogens is 412 g/mol.